The molecule has 1 aromatic rings. The van der Waals surface area contributed by atoms with Crippen molar-refractivity contribution in [2.45, 2.75) is 0 Å². The molecule has 0 amide bonds. The molecule has 2 rings (SSSR count). The van der Waals surface area contributed by atoms with Crippen LogP contribution in [0.25, 0.3) is 0 Å². The quantitative estimate of drug-likeness (QED) is 0.876. The summed E-state index contributed by atoms with van der Waals surface area (Å²) in [7, 11) is 4.05. The number of carboxylic acids is 1. The van der Waals surface area contributed by atoms with E-state index in [2.05, 4.69) is 34.1 Å². The second-order valence-electron chi connectivity index (χ2n) is 5.07. The van der Waals surface area contributed by atoms with Crippen molar-refractivity contribution in [3.8, 4) is 0 Å². The van der Waals surface area contributed by atoms with Crippen molar-refractivity contribution in [3.05, 3.63) is 24.3 Å². The molecular weight excluding hydrogens is 242 g/mol. The molecule has 0 unspecified atom stereocenters. The van der Waals surface area contributed by atoms with Gasteiger partial charge in [0.15, 0.2) is 0 Å². The maximum Gasteiger partial charge on any atom is 0.317 e. The third-order valence-electron chi connectivity index (χ3n) is 3.46. The molecule has 0 bridgehead atoms. The Morgan fingerprint density at radius 2 is 1.74 bits per heavy atom. The Bertz CT molecular complexity index is 423. The first-order chi connectivity index (χ1) is 9.06. The number of carbonyl (C=O) groups is 1. The third kappa shape index (κ3) is 3.61. The van der Waals surface area contributed by atoms with Gasteiger partial charge in [0.25, 0.3) is 0 Å². The number of nitrogens with zero attached hydrogens (tertiary/aromatic N) is 3. The average molecular weight is 263 g/mol. The molecule has 5 heteroatoms. The number of benzene rings is 1. The highest BCUT2D eigenvalue weighted by Gasteiger charge is 2.18. The fraction of sp³-hybridized carbons (Fsp3) is 0.500. The first-order valence-corrected chi connectivity index (χ1v) is 6.53. The van der Waals surface area contributed by atoms with Crippen molar-refractivity contribution < 1.29 is 9.90 Å². The highest BCUT2D eigenvalue weighted by Crippen LogP contribution is 2.20. The van der Waals surface area contributed by atoms with Gasteiger partial charge in [-0.15, -0.1) is 0 Å². The van der Waals surface area contributed by atoms with Crippen molar-refractivity contribution in [1.29, 1.82) is 0 Å². The van der Waals surface area contributed by atoms with Crippen molar-refractivity contribution in [2.75, 3.05) is 56.6 Å². The molecular formula is C14H21N3O2. The monoisotopic (exact) mass is 263 g/mol. The lowest BCUT2D eigenvalue weighted by atomic mass is 10.2. The van der Waals surface area contributed by atoms with Gasteiger partial charge >= 0.3 is 5.97 Å². The molecule has 1 aliphatic heterocycles. The molecule has 0 aromatic heterocycles. The number of piperazine rings is 1. The second-order valence-corrected chi connectivity index (χ2v) is 5.07. The number of carboxylic acid groups (broad SMARTS) is 1. The number of rotatable bonds is 4. The molecule has 0 atom stereocenters. The molecule has 0 radical (unpaired) electrons. The van der Waals surface area contributed by atoms with Crippen molar-refractivity contribution in [2.24, 2.45) is 0 Å². The maximum atomic E-state index is 10.7. The lowest BCUT2D eigenvalue weighted by molar-refractivity contribution is -0.138. The van der Waals surface area contributed by atoms with E-state index in [4.69, 9.17) is 5.11 Å². The van der Waals surface area contributed by atoms with Crippen LogP contribution in [0.15, 0.2) is 24.3 Å². The molecule has 5 nitrogen and oxygen atoms in total. The molecule has 1 aromatic carbocycles. The average Bonchev–Trinajstić information content (AvgIpc) is 2.39. The van der Waals surface area contributed by atoms with E-state index in [1.165, 1.54) is 11.4 Å². The predicted octanol–water partition coefficient (Wildman–Crippen LogP) is 0.959. The topological polar surface area (TPSA) is 47.0 Å². The van der Waals surface area contributed by atoms with Gasteiger partial charge in [-0.25, -0.2) is 0 Å². The van der Waals surface area contributed by atoms with Crippen LogP contribution in [-0.4, -0.2) is 62.8 Å². The number of aliphatic carboxylic acids is 1. The van der Waals surface area contributed by atoms with Crippen molar-refractivity contribution in [1.82, 2.24) is 4.90 Å². The number of anilines is 2. The highest BCUT2D eigenvalue weighted by atomic mass is 16.4. The van der Waals surface area contributed by atoms with Crippen LogP contribution in [0.5, 0.6) is 0 Å². The van der Waals surface area contributed by atoms with Gasteiger partial charge < -0.3 is 14.9 Å². The Kier molecular flexibility index (Phi) is 4.27. The summed E-state index contributed by atoms with van der Waals surface area (Å²) in [4.78, 5) is 17.0. The van der Waals surface area contributed by atoms with Gasteiger partial charge in [0.2, 0.25) is 0 Å². The first kappa shape index (κ1) is 13.7. The minimum absolute atomic E-state index is 0.146. The Hall–Kier alpha value is -1.75. The lowest BCUT2D eigenvalue weighted by Gasteiger charge is -2.35. The van der Waals surface area contributed by atoms with Crippen LogP contribution in [-0.2, 0) is 4.79 Å². The molecule has 1 fully saturated rings. The molecule has 1 aliphatic rings. The van der Waals surface area contributed by atoms with Gasteiger partial charge in [0.1, 0.15) is 0 Å². The largest absolute Gasteiger partial charge is 0.480 e. The zero-order valence-electron chi connectivity index (χ0n) is 11.5. The standard InChI is InChI=1S/C14H21N3O2/c1-15(2)12-3-5-13(6-4-12)17-9-7-16(8-10-17)11-14(18)19/h3-6H,7-11H2,1-2H3,(H,18,19). The van der Waals surface area contributed by atoms with Crippen molar-refractivity contribution >= 4 is 17.3 Å². The zero-order chi connectivity index (χ0) is 13.8. The van der Waals surface area contributed by atoms with Gasteiger partial charge in [0, 0.05) is 51.6 Å². The van der Waals surface area contributed by atoms with Gasteiger partial charge in [0.05, 0.1) is 6.54 Å². The van der Waals surface area contributed by atoms with E-state index in [9.17, 15) is 4.79 Å². The van der Waals surface area contributed by atoms with Crippen LogP contribution in [0.3, 0.4) is 0 Å². The van der Waals surface area contributed by atoms with Crippen LogP contribution in [0.4, 0.5) is 11.4 Å². The smallest absolute Gasteiger partial charge is 0.317 e. The van der Waals surface area contributed by atoms with E-state index in [-0.39, 0.29) is 6.54 Å². The SMILES string of the molecule is CN(C)c1ccc(N2CCN(CC(=O)O)CC2)cc1. The second kappa shape index (κ2) is 5.93. The Balaban J connectivity index is 1.92. The fourth-order valence-electron chi connectivity index (χ4n) is 2.32. The van der Waals surface area contributed by atoms with Gasteiger partial charge in [-0.3, -0.25) is 9.69 Å². The summed E-state index contributed by atoms with van der Waals surface area (Å²) in [5, 5.41) is 8.77. The van der Waals surface area contributed by atoms with Gasteiger partial charge in [-0.1, -0.05) is 0 Å². The van der Waals surface area contributed by atoms with Gasteiger partial charge in [-0.2, -0.15) is 0 Å². The summed E-state index contributed by atoms with van der Waals surface area (Å²) < 4.78 is 0. The normalized spacial score (nSPS) is 16.4. The minimum Gasteiger partial charge on any atom is -0.480 e. The van der Waals surface area contributed by atoms with Crippen LogP contribution < -0.4 is 9.80 Å². The van der Waals surface area contributed by atoms with Crippen LogP contribution in [0, 0.1) is 0 Å². The lowest BCUT2D eigenvalue weighted by Crippen LogP contribution is -2.47. The number of hydrogen-bond acceptors (Lipinski definition) is 4. The van der Waals surface area contributed by atoms with E-state index < -0.39 is 5.97 Å². The summed E-state index contributed by atoms with van der Waals surface area (Å²) in [6.07, 6.45) is 0. The Morgan fingerprint density at radius 3 is 2.21 bits per heavy atom. The Labute approximate surface area is 114 Å². The highest BCUT2D eigenvalue weighted by molar-refractivity contribution is 5.69. The molecule has 19 heavy (non-hydrogen) atoms. The molecule has 104 valence electrons. The summed E-state index contributed by atoms with van der Waals surface area (Å²) in [6, 6.07) is 8.47. The zero-order valence-corrected chi connectivity index (χ0v) is 11.5. The summed E-state index contributed by atoms with van der Waals surface area (Å²) in [5.41, 5.74) is 2.40. The van der Waals surface area contributed by atoms with Crippen molar-refractivity contribution in [3.63, 3.8) is 0 Å². The first-order valence-electron chi connectivity index (χ1n) is 6.53. The number of hydrogen-bond donors (Lipinski definition) is 1. The molecule has 1 N–H and O–H groups in total. The molecule has 0 saturated carbocycles. The minimum atomic E-state index is -0.746. The van der Waals surface area contributed by atoms with Gasteiger partial charge in [-0.05, 0) is 24.3 Å². The van der Waals surface area contributed by atoms with E-state index in [0.29, 0.717) is 0 Å². The maximum absolute atomic E-state index is 10.7. The summed E-state index contributed by atoms with van der Waals surface area (Å²) in [6.45, 7) is 3.53. The fourth-order valence-corrected chi connectivity index (χ4v) is 2.32. The summed E-state index contributed by atoms with van der Waals surface area (Å²) >= 11 is 0. The van der Waals surface area contributed by atoms with E-state index in [0.717, 1.165) is 26.2 Å². The Morgan fingerprint density at radius 1 is 1.16 bits per heavy atom. The predicted molar refractivity (Wildman–Crippen MR) is 77.1 cm³/mol. The molecule has 0 spiro atoms. The molecule has 1 saturated heterocycles. The molecule has 1 heterocycles. The van der Waals surface area contributed by atoms with E-state index >= 15 is 0 Å². The van der Waals surface area contributed by atoms with Crippen LogP contribution in [0.1, 0.15) is 0 Å². The van der Waals surface area contributed by atoms with E-state index in [1.807, 2.05) is 19.0 Å². The summed E-state index contributed by atoms with van der Waals surface area (Å²) in [5.74, 6) is -0.746. The third-order valence-corrected chi connectivity index (χ3v) is 3.46. The van der Waals surface area contributed by atoms with Crippen LogP contribution >= 0.6 is 0 Å². The van der Waals surface area contributed by atoms with Crippen LogP contribution in [0.2, 0.25) is 0 Å². The van der Waals surface area contributed by atoms with E-state index in [1.54, 1.807) is 0 Å². The molecule has 0 aliphatic carbocycles.